The van der Waals surface area contributed by atoms with Crippen LogP contribution in [0, 0.1) is 6.92 Å². The largest absolute Gasteiger partial charge is 0.384 e. The normalized spacial score (nSPS) is 10.3. The summed E-state index contributed by atoms with van der Waals surface area (Å²) in [6.07, 6.45) is 0.782. The van der Waals surface area contributed by atoms with Crippen LogP contribution in [-0.2, 0) is 13.0 Å². The summed E-state index contributed by atoms with van der Waals surface area (Å²) in [6.45, 7) is 4.86. The average molecular weight is 242 g/mol. The fourth-order valence-electron chi connectivity index (χ4n) is 1.76. The monoisotopic (exact) mass is 242 g/mol. The quantitative estimate of drug-likeness (QED) is 0.864. The zero-order valence-electron chi connectivity index (χ0n) is 10.8. The second-order valence-corrected chi connectivity index (χ2v) is 4.23. The number of rotatable bonds is 4. The number of nitrogens with two attached hydrogens (primary N) is 1. The van der Waals surface area contributed by atoms with Crippen LogP contribution in [0.5, 0.6) is 0 Å². The van der Waals surface area contributed by atoms with Crippen LogP contribution in [0.2, 0.25) is 0 Å². The summed E-state index contributed by atoms with van der Waals surface area (Å²) in [6, 6.07) is 10.0. The Labute approximate surface area is 107 Å². The van der Waals surface area contributed by atoms with E-state index in [4.69, 9.17) is 5.73 Å². The number of hydrogen-bond acceptors (Lipinski definition) is 4. The number of nitrogen functional groups attached to an aromatic ring is 1. The van der Waals surface area contributed by atoms with E-state index in [1.807, 2.05) is 19.1 Å². The molecule has 2 rings (SSSR count). The van der Waals surface area contributed by atoms with Gasteiger partial charge in [0.1, 0.15) is 17.5 Å². The molecule has 0 atom stereocenters. The highest BCUT2D eigenvalue weighted by Crippen LogP contribution is 2.12. The van der Waals surface area contributed by atoms with Gasteiger partial charge in [0.05, 0.1) is 0 Å². The maximum absolute atomic E-state index is 5.74. The Kier molecular flexibility index (Phi) is 3.77. The fourth-order valence-corrected chi connectivity index (χ4v) is 1.76. The van der Waals surface area contributed by atoms with E-state index in [2.05, 4.69) is 34.3 Å². The number of anilines is 2. The van der Waals surface area contributed by atoms with Gasteiger partial charge >= 0.3 is 0 Å². The van der Waals surface area contributed by atoms with Gasteiger partial charge in [0, 0.05) is 19.0 Å². The maximum Gasteiger partial charge on any atom is 0.132 e. The van der Waals surface area contributed by atoms with E-state index in [0.29, 0.717) is 5.82 Å². The van der Waals surface area contributed by atoms with Crippen molar-refractivity contribution in [3.8, 4) is 0 Å². The first kappa shape index (κ1) is 12.4. The number of nitrogens with zero attached hydrogens (tertiary/aromatic N) is 2. The molecule has 0 saturated carbocycles. The van der Waals surface area contributed by atoms with Crippen molar-refractivity contribution in [1.82, 2.24) is 9.97 Å². The summed E-state index contributed by atoms with van der Waals surface area (Å²) in [5, 5.41) is 3.29. The van der Waals surface area contributed by atoms with Crippen LogP contribution in [0.4, 0.5) is 11.6 Å². The minimum absolute atomic E-state index is 0.508. The highest BCUT2D eigenvalue weighted by Gasteiger charge is 2.02. The van der Waals surface area contributed by atoms with Gasteiger partial charge in [0.15, 0.2) is 0 Å². The van der Waals surface area contributed by atoms with Crippen molar-refractivity contribution in [2.45, 2.75) is 26.8 Å². The number of benzene rings is 1. The van der Waals surface area contributed by atoms with Crippen LogP contribution in [0.1, 0.15) is 23.9 Å². The standard InChI is InChI=1S/C14H18N4/c1-3-13-17-12(15)8-14(18-13)16-9-11-7-5-4-6-10(11)2/h4-8H,3,9H2,1-2H3,(H3,15,16,17,18). The van der Waals surface area contributed by atoms with Crippen LogP contribution < -0.4 is 11.1 Å². The highest BCUT2D eigenvalue weighted by atomic mass is 15.0. The molecule has 4 heteroatoms. The molecule has 0 aliphatic heterocycles. The molecule has 0 spiro atoms. The van der Waals surface area contributed by atoms with Gasteiger partial charge in [-0.05, 0) is 18.1 Å². The highest BCUT2D eigenvalue weighted by molar-refractivity contribution is 5.45. The molecule has 0 saturated heterocycles. The Morgan fingerprint density at radius 3 is 2.72 bits per heavy atom. The van der Waals surface area contributed by atoms with E-state index >= 15 is 0 Å². The molecular weight excluding hydrogens is 224 g/mol. The molecule has 1 aromatic carbocycles. The van der Waals surface area contributed by atoms with Crippen LogP contribution in [0.15, 0.2) is 30.3 Å². The van der Waals surface area contributed by atoms with Crippen LogP contribution >= 0.6 is 0 Å². The minimum Gasteiger partial charge on any atom is -0.384 e. The van der Waals surface area contributed by atoms with E-state index < -0.39 is 0 Å². The van der Waals surface area contributed by atoms with Crippen LogP contribution in [0.25, 0.3) is 0 Å². The Bertz CT molecular complexity index is 537. The zero-order chi connectivity index (χ0) is 13.0. The fraction of sp³-hybridized carbons (Fsp3) is 0.286. The molecule has 2 aromatic rings. The summed E-state index contributed by atoms with van der Waals surface area (Å²) < 4.78 is 0. The molecule has 18 heavy (non-hydrogen) atoms. The van der Waals surface area contributed by atoms with Gasteiger partial charge in [-0.2, -0.15) is 0 Å². The lowest BCUT2D eigenvalue weighted by Gasteiger charge is -2.09. The van der Waals surface area contributed by atoms with Crippen LogP contribution in [-0.4, -0.2) is 9.97 Å². The first-order chi connectivity index (χ1) is 8.69. The van der Waals surface area contributed by atoms with Crippen molar-refractivity contribution < 1.29 is 0 Å². The van der Waals surface area contributed by atoms with E-state index in [0.717, 1.165) is 24.6 Å². The Hall–Kier alpha value is -2.10. The molecule has 0 unspecified atom stereocenters. The second kappa shape index (κ2) is 5.49. The first-order valence-electron chi connectivity index (χ1n) is 6.11. The molecule has 94 valence electrons. The van der Waals surface area contributed by atoms with Crippen molar-refractivity contribution in [3.05, 3.63) is 47.3 Å². The molecular formula is C14H18N4. The molecule has 0 aliphatic rings. The summed E-state index contributed by atoms with van der Waals surface area (Å²) in [7, 11) is 0. The van der Waals surface area contributed by atoms with E-state index in [9.17, 15) is 0 Å². The average Bonchev–Trinajstić information content (AvgIpc) is 2.37. The lowest BCUT2D eigenvalue weighted by Crippen LogP contribution is -2.06. The third kappa shape index (κ3) is 2.97. The number of nitrogens with one attached hydrogen (secondary N) is 1. The van der Waals surface area contributed by atoms with Gasteiger partial charge in [-0.15, -0.1) is 0 Å². The second-order valence-electron chi connectivity index (χ2n) is 4.23. The molecule has 0 radical (unpaired) electrons. The van der Waals surface area contributed by atoms with Crippen molar-refractivity contribution in [1.29, 1.82) is 0 Å². The van der Waals surface area contributed by atoms with Gasteiger partial charge in [-0.3, -0.25) is 0 Å². The third-order valence-electron chi connectivity index (χ3n) is 2.83. The predicted molar refractivity (Wildman–Crippen MR) is 74.3 cm³/mol. The molecule has 1 heterocycles. The number of aromatic nitrogens is 2. The smallest absolute Gasteiger partial charge is 0.132 e. The van der Waals surface area contributed by atoms with E-state index in [1.54, 1.807) is 6.07 Å². The molecule has 4 nitrogen and oxygen atoms in total. The third-order valence-corrected chi connectivity index (χ3v) is 2.83. The summed E-state index contributed by atoms with van der Waals surface area (Å²) >= 11 is 0. The van der Waals surface area contributed by atoms with Gasteiger partial charge < -0.3 is 11.1 Å². The zero-order valence-corrected chi connectivity index (χ0v) is 10.8. The van der Waals surface area contributed by atoms with Crippen molar-refractivity contribution >= 4 is 11.6 Å². The lowest BCUT2D eigenvalue weighted by molar-refractivity contribution is 0.937. The predicted octanol–water partition coefficient (Wildman–Crippen LogP) is 2.54. The Morgan fingerprint density at radius 1 is 1.22 bits per heavy atom. The van der Waals surface area contributed by atoms with Crippen molar-refractivity contribution in [2.75, 3.05) is 11.1 Å². The SMILES string of the molecule is CCc1nc(N)cc(NCc2ccccc2C)n1. The summed E-state index contributed by atoms with van der Waals surface area (Å²) in [4.78, 5) is 8.55. The summed E-state index contributed by atoms with van der Waals surface area (Å²) in [5.74, 6) is 2.05. The molecule has 1 aromatic heterocycles. The molecule has 3 N–H and O–H groups in total. The Balaban J connectivity index is 2.11. The molecule has 0 aliphatic carbocycles. The Morgan fingerprint density at radius 2 is 2.00 bits per heavy atom. The van der Waals surface area contributed by atoms with Gasteiger partial charge in [0.25, 0.3) is 0 Å². The number of hydrogen-bond donors (Lipinski definition) is 2. The number of aryl methyl sites for hydroxylation is 2. The molecule has 0 amide bonds. The maximum atomic E-state index is 5.74. The topological polar surface area (TPSA) is 63.8 Å². The summed E-state index contributed by atoms with van der Waals surface area (Å²) in [5.41, 5.74) is 8.27. The molecule has 0 fully saturated rings. The van der Waals surface area contributed by atoms with Gasteiger partial charge in [0.2, 0.25) is 0 Å². The van der Waals surface area contributed by atoms with E-state index in [-0.39, 0.29) is 0 Å². The minimum atomic E-state index is 0.508. The van der Waals surface area contributed by atoms with Crippen LogP contribution in [0.3, 0.4) is 0 Å². The first-order valence-corrected chi connectivity index (χ1v) is 6.11. The lowest BCUT2D eigenvalue weighted by atomic mass is 10.1. The van der Waals surface area contributed by atoms with Crippen molar-refractivity contribution in [3.63, 3.8) is 0 Å². The van der Waals surface area contributed by atoms with Gasteiger partial charge in [-0.1, -0.05) is 31.2 Å². The molecule has 0 bridgehead atoms. The van der Waals surface area contributed by atoms with Gasteiger partial charge in [-0.25, -0.2) is 9.97 Å². The van der Waals surface area contributed by atoms with Crippen molar-refractivity contribution in [2.24, 2.45) is 0 Å². The van der Waals surface area contributed by atoms with E-state index in [1.165, 1.54) is 11.1 Å².